The van der Waals surface area contributed by atoms with Gasteiger partial charge in [0.25, 0.3) is 5.91 Å². The number of rotatable bonds is 4. The van der Waals surface area contributed by atoms with E-state index in [2.05, 4.69) is 20.8 Å². The fourth-order valence-corrected chi connectivity index (χ4v) is 1.63. The smallest absolute Gasteiger partial charge is 0.260 e. The van der Waals surface area contributed by atoms with E-state index in [0.717, 1.165) is 11.3 Å². The third-order valence-corrected chi connectivity index (χ3v) is 2.82. The molecule has 6 nitrogen and oxygen atoms in total. The Bertz CT molecular complexity index is 592. The molecule has 0 aliphatic carbocycles. The van der Waals surface area contributed by atoms with Crippen LogP contribution in [0.3, 0.4) is 0 Å². The molecule has 2 aromatic heterocycles. The summed E-state index contributed by atoms with van der Waals surface area (Å²) in [7, 11) is 0. The maximum atomic E-state index is 12.2. The molecule has 100 valence electrons. The summed E-state index contributed by atoms with van der Waals surface area (Å²) in [4.78, 5) is 16.2. The maximum absolute atomic E-state index is 12.2. The van der Waals surface area contributed by atoms with E-state index in [1.807, 2.05) is 20.8 Å². The summed E-state index contributed by atoms with van der Waals surface area (Å²) in [6.45, 7) is 6.34. The minimum Gasteiger partial charge on any atom is -0.383 e. The summed E-state index contributed by atoms with van der Waals surface area (Å²) in [5.41, 5.74) is 2.80. The fraction of sp³-hybridized carbons (Fsp3) is 0.308. The molecule has 0 bridgehead atoms. The van der Waals surface area contributed by atoms with Crippen LogP contribution in [-0.2, 0) is 0 Å². The molecular formula is C13H16N4O2. The number of carbonyl (C=O) groups is 1. The molecule has 0 radical (unpaired) electrons. The number of carbonyl (C=O) groups excluding carboxylic acids is 1. The van der Waals surface area contributed by atoms with Gasteiger partial charge in [0.2, 0.25) is 5.88 Å². The van der Waals surface area contributed by atoms with Crippen molar-refractivity contribution in [1.29, 1.82) is 0 Å². The van der Waals surface area contributed by atoms with Crippen molar-refractivity contribution in [3.8, 4) is 0 Å². The Morgan fingerprint density at radius 2 is 2.21 bits per heavy atom. The first-order valence-corrected chi connectivity index (χ1v) is 6.05. The lowest BCUT2D eigenvalue weighted by molar-refractivity contribution is 0.102. The predicted octanol–water partition coefficient (Wildman–Crippen LogP) is 2.37. The molecule has 0 aliphatic rings. The topological polar surface area (TPSA) is 80.0 Å². The molecular weight excluding hydrogens is 244 g/mol. The molecule has 0 fully saturated rings. The van der Waals surface area contributed by atoms with Gasteiger partial charge in [0.15, 0.2) is 0 Å². The second-order valence-electron chi connectivity index (χ2n) is 4.13. The molecule has 2 N–H and O–H groups in total. The zero-order valence-corrected chi connectivity index (χ0v) is 11.2. The van der Waals surface area contributed by atoms with Crippen molar-refractivity contribution in [3.05, 3.63) is 35.3 Å². The Morgan fingerprint density at radius 3 is 2.84 bits per heavy atom. The van der Waals surface area contributed by atoms with Gasteiger partial charge >= 0.3 is 0 Å². The first-order chi connectivity index (χ1) is 9.13. The summed E-state index contributed by atoms with van der Waals surface area (Å²) in [5, 5.41) is 9.61. The summed E-state index contributed by atoms with van der Waals surface area (Å²) < 4.78 is 5.07. The van der Waals surface area contributed by atoms with Crippen LogP contribution in [0.25, 0.3) is 0 Å². The number of hydrogen-bond acceptors (Lipinski definition) is 5. The second kappa shape index (κ2) is 5.51. The van der Waals surface area contributed by atoms with Gasteiger partial charge in [-0.3, -0.25) is 15.1 Å². The van der Waals surface area contributed by atoms with E-state index < -0.39 is 0 Å². The largest absolute Gasteiger partial charge is 0.383 e. The molecule has 2 rings (SSSR count). The van der Waals surface area contributed by atoms with Crippen molar-refractivity contribution < 1.29 is 9.32 Å². The third-order valence-electron chi connectivity index (χ3n) is 2.82. The Kier molecular flexibility index (Phi) is 3.79. The molecule has 0 aliphatic heterocycles. The number of amides is 1. The van der Waals surface area contributed by atoms with Gasteiger partial charge in [0.05, 0.1) is 23.1 Å². The number of aromatic nitrogens is 2. The van der Waals surface area contributed by atoms with Crippen LogP contribution in [0.15, 0.2) is 23.0 Å². The van der Waals surface area contributed by atoms with E-state index in [-0.39, 0.29) is 5.91 Å². The Balaban J connectivity index is 2.23. The van der Waals surface area contributed by atoms with E-state index in [9.17, 15) is 4.79 Å². The van der Waals surface area contributed by atoms with Crippen LogP contribution in [0, 0.1) is 13.8 Å². The van der Waals surface area contributed by atoms with Crippen LogP contribution in [0.5, 0.6) is 0 Å². The Labute approximate surface area is 111 Å². The standard InChI is InChI=1S/C13H16N4O2/c1-4-15-11-7-14-6-5-10(11)12(18)16-13-8(2)9(3)17-19-13/h5-7,15H,4H2,1-3H3,(H,16,18). The summed E-state index contributed by atoms with van der Waals surface area (Å²) in [6, 6.07) is 1.66. The predicted molar refractivity (Wildman–Crippen MR) is 72.3 cm³/mol. The van der Waals surface area contributed by atoms with Crippen LogP contribution in [-0.4, -0.2) is 22.6 Å². The first kappa shape index (κ1) is 13.1. The van der Waals surface area contributed by atoms with Crippen molar-refractivity contribution >= 4 is 17.5 Å². The highest BCUT2D eigenvalue weighted by Gasteiger charge is 2.15. The minimum absolute atomic E-state index is 0.252. The monoisotopic (exact) mass is 260 g/mol. The highest BCUT2D eigenvalue weighted by Crippen LogP contribution is 2.20. The molecule has 1 amide bonds. The van der Waals surface area contributed by atoms with Gasteiger partial charge in [0.1, 0.15) is 0 Å². The average Bonchev–Trinajstić information content (AvgIpc) is 2.72. The highest BCUT2D eigenvalue weighted by atomic mass is 16.5. The third kappa shape index (κ3) is 2.73. The van der Waals surface area contributed by atoms with E-state index in [0.29, 0.717) is 23.7 Å². The number of pyridine rings is 1. The number of nitrogens with zero attached hydrogens (tertiary/aromatic N) is 2. The lowest BCUT2D eigenvalue weighted by Gasteiger charge is -2.09. The summed E-state index contributed by atoms with van der Waals surface area (Å²) in [6.07, 6.45) is 3.20. The Hall–Kier alpha value is -2.37. The van der Waals surface area contributed by atoms with Crippen LogP contribution < -0.4 is 10.6 Å². The van der Waals surface area contributed by atoms with Gasteiger partial charge in [0, 0.05) is 18.3 Å². The number of aryl methyl sites for hydroxylation is 1. The van der Waals surface area contributed by atoms with E-state index in [1.165, 1.54) is 0 Å². The van der Waals surface area contributed by atoms with Crippen LogP contribution in [0.4, 0.5) is 11.6 Å². The van der Waals surface area contributed by atoms with Gasteiger partial charge in [-0.2, -0.15) is 0 Å². The fourth-order valence-electron chi connectivity index (χ4n) is 1.63. The van der Waals surface area contributed by atoms with Gasteiger partial charge < -0.3 is 9.84 Å². The van der Waals surface area contributed by atoms with E-state index in [4.69, 9.17) is 4.52 Å². The van der Waals surface area contributed by atoms with Crippen molar-refractivity contribution in [2.24, 2.45) is 0 Å². The highest BCUT2D eigenvalue weighted by molar-refractivity contribution is 6.07. The normalized spacial score (nSPS) is 10.3. The van der Waals surface area contributed by atoms with Gasteiger partial charge in [-0.25, -0.2) is 0 Å². The van der Waals surface area contributed by atoms with Gasteiger partial charge in [-0.15, -0.1) is 0 Å². The van der Waals surface area contributed by atoms with Crippen molar-refractivity contribution in [2.45, 2.75) is 20.8 Å². The summed E-state index contributed by atoms with van der Waals surface area (Å²) in [5.74, 6) is 0.124. The molecule has 0 spiro atoms. The number of anilines is 2. The Morgan fingerprint density at radius 1 is 1.42 bits per heavy atom. The van der Waals surface area contributed by atoms with Crippen molar-refractivity contribution in [1.82, 2.24) is 10.1 Å². The van der Waals surface area contributed by atoms with E-state index >= 15 is 0 Å². The zero-order valence-electron chi connectivity index (χ0n) is 11.2. The lowest BCUT2D eigenvalue weighted by Crippen LogP contribution is -2.15. The van der Waals surface area contributed by atoms with Crippen LogP contribution in [0.2, 0.25) is 0 Å². The van der Waals surface area contributed by atoms with E-state index in [1.54, 1.807) is 18.5 Å². The zero-order chi connectivity index (χ0) is 13.8. The molecule has 0 saturated carbocycles. The molecule has 6 heteroatoms. The van der Waals surface area contributed by atoms with Crippen LogP contribution in [0.1, 0.15) is 28.5 Å². The molecule has 0 atom stereocenters. The molecule has 0 aromatic carbocycles. The number of nitrogens with one attached hydrogen (secondary N) is 2. The minimum atomic E-state index is -0.252. The maximum Gasteiger partial charge on any atom is 0.260 e. The molecule has 0 saturated heterocycles. The number of hydrogen-bond donors (Lipinski definition) is 2. The van der Waals surface area contributed by atoms with Crippen molar-refractivity contribution in [2.75, 3.05) is 17.2 Å². The quantitative estimate of drug-likeness (QED) is 0.882. The second-order valence-corrected chi connectivity index (χ2v) is 4.13. The van der Waals surface area contributed by atoms with Crippen molar-refractivity contribution in [3.63, 3.8) is 0 Å². The SMILES string of the molecule is CCNc1cnccc1C(=O)Nc1onc(C)c1C. The molecule has 2 heterocycles. The summed E-state index contributed by atoms with van der Waals surface area (Å²) >= 11 is 0. The van der Waals surface area contributed by atoms with Gasteiger partial charge in [-0.1, -0.05) is 5.16 Å². The molecule has 2 aromatic rings. The average molecular weight is 260 g/mol. The van der Waals surface area contributed by atoms with Gasteiger partial charge in [-0.05, 0) is 26.8 Å². The molecule has 19 heavy (non-hydrogen) atoms. The van der Waals surface area contributed by atoms with Crippen LogP contribution >= 0.6 is 0 Å². The molecule has 0 unspecified atom stereocenters. The lowest BCUT2D eigenvalue weighted by atomic mass is 10.2. The first-order valence-electron chi connectivity index (χ1n) is 6.05.